The standard InChI is InChI=1S/C20H16F3N3O4/c1-19(14-5-7-15(8-6-14)30-20(21,22)23)17(27)26(18(28)25-19)9-10-29-16-4-2-3-13(11-16)12-24/h2-8,11H,9-10H2,1H3,(H,25,28). The maximum atomic E-state index is 12.8. The molecule has 0 saturated carbocycles. The van der Waals surface area contributed by atoms with Crippen molar-refractivity contribution < 1.29 is 32.2 Å². The predicted molar refractivity (Wildman–Crippen MR) is 97.4 cm³/mol. The number of halogens is 3. The summed E-state index contributed by atoms with van der Waals surface area (Å²) in [6, 6.07) is 12.5. The largest absolute Gasteiger partial charge is 0.573 e. The van der Waals surface area contributed by atoms with Crippen molar-refractivity contribution in [2.75, 3.05) is 13.2 Å². The minimum atomic E-state index is -4.83. The van der Waals surface area contributed by atoms with Crippen LogP contribution in [-0.2, 0) is 10.3 Å². The summed E-state index contributed by atoms with van der Waals surface area (Å²) in [5, 5.41) is 11.5. The quantitative estimate of drug-likeness (QED) is 0.726. The van der Waals surface area contributed by atoms with Crippen molar-refractivity contribution in [3.63, 3.8) is 0 Å². The first kappa shape index (κ1) is 21.0. The van der Waals surface area contributed by atoms with Crippen molar-refractivity contribution in [2.24, 2.45) is 0 Å². The van der Waals surface area contributed by atoms with Gasteiger partial charge in [0.05, 0.1) is 18.2 Å². The molecule has 1 fully saturated rings. The van der Waals surface area contributed by atoms with E-state index >= 15 is 0 Å². The molecule has 1 unspecified atom stereocenters. The lowest BCUT2D eigenvalue weighted by molar-refractivity contribution is -0.274. The zero-order valence-electron chi connectivity index (χ0n) is 15.7. The molecule has 30 heavy (non-hydrogen) atoms. The number of amides is 3. The topological polar surface area (TPSA) is 91.7 Å². The van der Waals surface area contributed by atoms with Crippen LogP contribution in [0.1, 0.15) is 18.1 Å². The normalized spacial score (nSPS) is 18.7. The van der Waals surface area contributed by atoms with Gasteiger partial charge in [-0.2, -0.15) is 5.26 Å². The molecule has 3 rings (SSSR count). The fraction of sp³-hybridized carbons (Fsp3) is 0.250. The van der Waals surface area contributed by atoms with Gasteiger partial charge in [0.1, 0.15) is 23.6 Å². The predicted octanol–water partition coefficient (Wildman–Crippen LogP) is 3.30. The van der Waals surface area contributed by atoms with Crippen LogP contribution < -0.4 is 14.8 Å². The lowest BCUT2D eigenvalue weighted by Gasteiger charge is -2.22. The van der Waals surface area contributed by atoms with Gasteiger partial charge >= 0.3 is 12.4 Å². The van der Waals surface area contributed by atoms with E-state index in [-0.39, 0.29) is 13.2 Å². The Morgan fingerprint density at radius 2 is 1.83 bits per heavy atom. The van der Waals surface area contributed by atoms with E-state index in [0.717, 1.165) is 17.0 Å². The number of benzene rings is 2. The summed E-state index contributed by atoms with van der Waals surface area (Å²) >= 11 is 0. The number of carbonyl (C=O) groups excluding carboxylic acids is 2. The Kier molecular flexibility index (Phi) is 5.56. The summed E-state index contributed by atoms with van der Waals surface area (Å²) < 4.78 is 46.2. The highest BCUT2D eigenvalue weighted by molar-refractivity contribution is 6.07. The second-order valence-electron chi connectivity index (χ2n) is 6.57. The van der Waals surface area contributed by atoms with Gasteiger partial charge in [-0.15, -0.1) is 13.2 Å². The fourth-order valence-corrected chi connectivity index (χ4v) is 3.00. The summed E-state index contributed by atoms with van der Waals surface area (Å²) in [4.78, 5) is 26.1. The van der Waals surface area contributed by atoms with Crippen LogP contribution in [-0.4, -0.2) is 36.4 Å². The lowest BCUT2D eigenvalue weighted by Crippen LogP contribution is -2.41. The van der Waals surface area contributed by atoms with Gasteiger partial charge in [-0.3, -0.25) is 9.69 Å². The number of imide groups is 1. The van der Waals surface area contributed by atoms with E-state index in [4.69, 9.17) is 10.00 Å². The minimum absolute atomic E-state index is 0.00246. The molecule has 10 heteroatoms. The Labute approximate surface area is 169 Å². The van der Waals surface area contributed by atoms with Crippen LogP contribution in [0.5, 0.6) is 11.5 Å². The zero-order valence-corrected chi connectivity index (χ0v) is 15.7. The molecule has 2 aromatic carbocycles. The first-order chi connectivity index (χ1) is 14.1. The number of nitrogens with zero attached hydrogens (tertiary/aromatic N) is 2. The highest BCUT2D eigenvalue weighted by atomic mass is 19.4. The zero-order chi connectivity index (χ0) is 21.9. The lowest BCUT2D eigenvalue weighted by atomic mass is 9.92. The third-order valence-electron chi connectivity index (χ3n) is 4.49. The van der Waals surface area contributed by atoms with Crippen molar-refractivity contribution in [1.82, 2.24) is 10.2 Å². The van der Waals surface area contributed by atoms with E-state index in [1.165, 1.54) is 25.1 Å². The van der Waals surface area contributed by atoms with Gasteiger partial charge in [0, 0.05) is 0 Å². The summed E-state index contributed by atoms with van der Waals surface area (Å²) in [5.74, 6) is -0.577. The molecule has 1 N–H and O–H groups in total. The highest BCUT2D eigenvalue weighted by Crippen LogP contribution is 2.31. The number of carbonyl (C=O) groups is 2. The van der Waals surface area contributed by atoms with E-state index in [2.05, 4.69) is 10.1 Å². The molecule has 0 spiro atoms. The molecule has 1 heterocycles. The van der Waals surface area contributed by atoms with Crippen molar-refractivity contribution >= 4 is 11.9 Å². The Hall–Kier alpha value is -3.74. The number of rotatable bonds is 6. The van der Waals surface area contributed by atoms with Crippen molar-refractivity contribution in [3.8, 4) is 17.6 Å². The molecule has 0 bridgehead atoms. The first-order valence-electron chi connectivity index (χ1n) is 8.76. The molecular weight excluding hydrogens is 403 g/mol. The third kappa shape index (κ3) is 4.46. The molecule has 156 valence electrons. The molecule has 2 aromatic rings. The van der Waals surface area contributed by atoms with Gasteiger partial charge < -0.3 is 14.8 Å². The summed E-state index contributed by atoms with van der Waals surface area (Å²) in [5.41, 5.74) is -0.720. The van der Waals surface area contributed by atoms with E-state index < -0.39 is 29.6 Å². The number of hydrogen-bond acceptors (Lipinski definition) is 5. The smallest absolute Gasteiger partial charge is 0.492 e. The maximum Gasteiger partial charge on any atom is 0.573 e. The van der Waals surface area contributed by atoms with Crippen LogP contribution in [0.4, 0.5) is 18.0 Å². The Morgan fingerprint density at radius 1 is 1.13 bits per heavy atom. The monoisotopic (exact) mass is 419 g/mol. The van der Waals surface area contributed by atoms with E-state index in [1.54, 1.807) is 18.2 Å². The second-order valence-corrected chi connectivity index (χ2v) is 6.57. The molecule has 7 nitrogen and oxygen atoms in total. The maximum absolute atomic E-state index is 12.8. The molecule has 0 aliphatic carbocycles. The summed E-state index contributed by atoms with van der Waals surface area (Å²) in [7, 11) is 0. The van der Waals surface area contributed by atoms with E-state index in [0.29, 0.717) is 16.9 Å². The summed E-state index contributed by atoms with van der Waals surface area (Å²) in [6.45, 7) is 1.42. The van der Waals surface area contributed by atoms with Crippen LogP contribution in [0.25, 0.3) is 0 Å². The number of nitriles is 1. The minimum Gasteiger partial charge on any atom is -0.492 e. The SMILES string of the molecule is CC1(c2ccc(OC(F)(F)F)cc2)NC(=O)N(CCOc2cccc(C#N)c2)C1=O. The Bertz CT molecular complexity index is 1000. The first-order valence-corrected chi connectivity index (χ1v) is 8.76. The molecular formula is C20H16F3N3O4. The van der Waals surface area contributed by atoms with Crippen LogP contribution in [0, 0.1) is 11.3 Å². The number of hydrogen-bond donors (Lipinski definition) is 1. The molecule has 1 aliphatic rings. The van der Waals surface area contributed by atoms with Gasteiger partial charge in [0.25, 0.3) is 5.91 Å². The van der Waals surface area contributed by atoms with E-state index in [1.807, 2.05) is 6.07 Å². The van der Waals surface area contributed by atoms with Gasteiger partial charge in [-0.05, 0) is 42.8 Å². The van der Waals surface area contributed by atoms with E-state index in [9.17, 15) is 22.8 Å². The van der Waals surface area contributed by atoms with Gasteiger partial charge in [-0.25, -0.2) is 4.79 Å². The van der Waals surface area contributed by atoms with Gasteiger partial charge in [0.15, 0.2) is 0 Å². The highest BCUT2D eigenvalue weighted by Gasteiger charge is 2.48. The molecule has 0 aromatic heterocycles. The van der Waals surface area contributed by atoms with Gasteiger partial charge in [0.2, 0.25) is 0 Å². The molecule has 3 amide bonds. The van der Waals surface area contributed by atoms with Crippen LogP contribution in [0.15, 0.2) is 48.5 Å². The number of urea groups is 1. The average Bonchev–Trinajstić information content (AvgIpc) is 2.91. The van der Waals surface area contributed by atoms with Crippen molar-refractivity contribution in [1.29, 1.82) is 5.26 Å². The second kappa shape index (κ2) is 7.94. The Balaban J connectivity index is 1.66. The fourth-order valence-electron chi connectivity index (χ4n) is 3.00. The molecule has 1 aliphatic heterocycles. The van der Waals surface area contributed by atoms with Crippen molar-refractivity contribution in [2.45, 2.75) is 18.8 Å². The van der Waals surface area contributed by atoms with Crippen LogP contribution in [0.2, 0.25) is 0 Å². The number of ether oxygens (including phenoxy) is 2. The van der Waals surface area contributed by atoms with Gasteiger partial charge in [-0.1, -0.05) is 18.2 Å². The third-order valence-corrected chi connectivity index (χ3v) is 4.49. The van der Waals surface area contributed by atoms with Crippen molar-refractivity contribution in [3.05, 3.63) is 59.7 Å². The van der Waals surface area contributed by atoms with Crippen LogP contribution in [0.3, 0.4) is 0 Å². The molecule has 0 radical (unpaired) electrons. The molecule has 1 atom stereocenters. The number of nitrogens with one attached hydrogen (secondary N) is 1. The molecule has 1 saturated heterocycles. The van der Waals surface area contributed by atoms with Crippen LogP contribution >= 0.6 is 0 Å². The number of alkyl halides is 3. The summed E-state index contributed by atoms with van der Waals surface area (Å²) in [6.07, 6.45) is -4.83. The average molecular weight is 419 g/mol. The Morgan fingerprint density at radius 3 is 2.47 bits per heavy atom.